The zero-order valence-electron chi connectivity index (χ0n) is 12.6. The number of rotatable bonds is 4. The fraction of sp³-hybridized carbons (Fsp3) is 0.111. The number of carbonyl (C=O) groups is 2. The van der Waals surface area contributed by atoms with Gasteiger partial charge in [0.05, 0.1) is 0 Å². The van der Waals surface area contributed by atoms with E-state index >= 15 is 0 Å². The fourth-order valence-corrected chi connectivity index (χ4v) is 1.97. The highest BCUT2D eigenvalue weighted by molar-refractivity contribution is 6.08. The van der Waals surface area contributed by atoms with Crippen LogP contribution in [0.1, 0.15) is 18.1 Å². The van der Waals surface area contributed by atoms with Gasteiger partial charge >= 0.3 is 0 Å². The summed E-state index contributed by atoms with van der Waals surface area (Å²) in [6.07, 6.45) is 1.68. The third-order valence-corrected chi connectivity index (χ3v) is 3.08. The van der Waals surface area contributed by atoms with Gasteiger partial charge in [-0.3, -0.25) is 9.59 Å². The Hall–Kier alpha value is -2.88. The summed E-state index contributed by atoms with van der Waals surface area (Å²) < 4.78 is 0. The van der Waals surface area contributed by atoms with Crippen LogP contribution in [-0.4, -0.2) is 11.8 Å². The first-order valence-corrected chi connectivity index (χ1v) is 6.97. The summed E-state index contributed by atoms with van der Waals surface area (Å²) in [6, 6.07) is 16.8. The molecule has 0 spiro atoms. The largest absolute Gasteiger partial charge is 0.322 e. The van der Waals surface area contributed by atoms with Gasteiger partial charge in [0.15, 0.2) is 0 Å². The maximum atomic E-state index is 12.4. The molecule has 0 atom stereocenters. The van der Waals surface area contributed by atoms with E-state index in [0.717, 1.165) is 11.1 Å². The highest BCUT2D eigenvalue weighted by Crippen LogP contribution is 2.13. The fourth-order valence-electron chi connectivity index (χ4n) is 1.97. The summed E-state index contributed by atoms with van der Waals surface area (Å²) in [6.45, 7) is 3.33. The number of aryl methyl sites for hydroxylation is 1. The highest BCUT2D eigenvalue weighted by atomic mass is 16.2. The van der Waals surface area contributed by atoms with Gasteiger partial charge in [-0.25, -0.2) is 0 Å². The van der Waals surface area contributed by atoms with Gasteiger partial charge in [0.25, 0.3) is 5.91 Å². The normalized spacial score (nSPS) is 10.9. The molecule has 4 nitrogen and oxygen atoms in total. The van der Waals surface area contributed by atoms with E-state index in [1.54, 1.807) is 18.2 Å². The first-order valence-electron chi connectivity index (χ1n) is 6.97. The number of hydrogen-bond acceptors (Lipinski definition) is 2. The summed E-state index contributed by atoms with van der Waals surface area (Å²) >= 11 is 0. The number of benzene rings is 2. The number of amides is 2. The van der Waals surface area contributed by atoms with Gasteiger partial charge < -0.3 is 10.6 Å². The summed E-state index contributed by atoms with van der Waals surface area (Å²) in [4.78, 5) is 23.7. The van der Waals surface area contributed by atoms with Crippen LogP contribution in [0, 0.1) is 6.92 Å². The molecule has 0 aliphatic carbocycles. The van der Waals surface area contributed by atoms with Gasteiger partial charge in [-0.1, -0.05) is 42.5 Å². The van der Waals surface area contributed by atoms with E-state index in [4.69, 9.17) is 0 Å². The second-order valence-corrected chi connectivity index (χ2v) is 4.92. The van der Waals surface area contributed by atoms with E-state index in [2.05, 4.69) is 10.6 Å². The molecule has 0 saturated carbocycles. The summed E-state index contributed by atoms with van der Waals surface area (Å²) in [5.41, 5.74) is 2.80. The van der Waals surface area contributed by atoms with Crippen LogP contribution in [0.25, 0.3) is 6.08 Å². The smallest absolute Gasteiger partial charge is 0.272 e. The zero-order chi connectivity index (χ0) is 15.9. The van der Waals surface area contributed by atoms with Crippen LogP contribution in [-0.2, 0) is 9.59 Å². The molecule has 2 aromatic carbocycles. The molecule has 0 aromatic heterocycles. The van der Waals surface area contributed by atoms with Crippen LogP contribution in [0.4, 0.5) is 5.69 Å². The van der Waals surface area contributed by atoms with Crippen molar-refractivity contribution in [2.24, 2.45) is 0 Å². The van der Waals surface area contributed by atoms with Gasteiger partial charge in [-0.2, -0.15) is 0 Å². The molecule has 4 heteroatoms. The van der Waals surface area contributed by atoms with Crippen molar-refractivity contribution in [1.29, 1.82) is 0 Å². The van der Waals surface area contributed by atoms with Crippen LogP contribution < -0.4 is 10.6 Å². The van der Waals surface area contributed by atoms with Crippen molar-refractivity contribution >= 4 is 23.6 Å². The van der Waals surface area contributed by atoms with E-state index < -0.39 is 0 Å². The third kappa shape index (κ3) is 4.31. The number of para-hydroxylation sites is 1. The van der Waals surface area contributed by atoms with E-state index in [0.29, 0.717) is 5.69 Å². The molecule has 0 radical (unpaired) electrons. The van der Waals surface area contributed by atoms with E-state index in [1.165, 1.54) is 6.92 Å². The van der Waals surface area contributed by atoms with E-state index in [9.17, 15) is 9.59 Å². The number of hydrogen-bond donors (Lipinski definition) is 2. The molecule has 0 aliphatic rings. The van der Waals surface area contributed by atoms with Crippen LogP contribution >= 0.6 is 0 Å². The predicted octanol–water partition coefficient (Wildman–Crippen LogP) is 3.11. The topological polar surface area (TPSA) is 58.2 Å². The van der Waals surface area contributed by atoms with Crippen molar-refractivity contribution in [2.75, 3.05) is 5.32 Å². The molecule has 0 unspecified atom stereocenters. The Balaban J connectivity index is 2.28. The lowest BCUT2D eigenvalue weighted by Gasteiger charge is -2.10. The molecule has 22 heavy (non-hydrogen) atoms. The van der Waals surface area contributed by atoms with Crippen LogP contribution in [0.5, 0.6) is 0 Å². The minimum atomic E-state index is -0.357. The summed E-state index contributed by atoms with van der Waals surface area (Å²) in [5.74, 6) is -0.646. The third-order valence-electron chi connectivity index (χ3n) is 3.08. The molecule has 2 amide bonds. The zero-order valence-corrected chi connectivity index (χ0v) is 12.6. The number of nitrogens with one attached hydrogen (secondary N) is 2. The summed E-state index contributed by atoms with van der Waals surface area (Å²) in [5, 5.41) is 5.35. The van der Waals surface area contributed by atoms with Crippen LogP contribution in [0.15, 0.2) is 60.3 Å². The molecule has 0 saturated heterocycles. The predicted molar refractivity (Wildman–Crippen MR) is 88.0 cm³/mol. The molecule has 0 bridgehead atoms. The molecular weight excluding hydrogens is 276 g/mol. The minimum Gasteiger partial charge on any atom is -0.322 e. The quantitative estimate of drug-likeness (QED) is 0.851. The average Bonchev–Trinajstić information content (AvgIpc) is 2.49. The van der Waals surface area contributed by atoms with E-state index in [1.807, 2.05) is 49.4 Å². The molecule has 2 N–H and O–H groups in total. The maximum absolute atomic E-state index is 12.4. The second kappa shape index (κ2) is 7.22. The van der Waals surface area contributed by atoms with Crippen molar-refractivity contribution in [3.8, 4) is 0 Å². The van der Waals surface area contributed by atoms with Crippen molar-refractivity contribution < 1.29 is 9.59 Å². The van der Waals surface area contributed by atoms with Gasteiger partial charge in [0.1, 0.15) is 5.70 Å². The lowest BCUT2D eigenvalue weighted by atomic mass is 10.1. The molecule has 0 heterocycles. The van der Waals surface area contributed by atoms with Gasteiger partial charge in [-0.15, -0.1) is 0 Å². The van der Waals surface area contributed by atoms with Gasteiger partial charge in [0, 0.05) is 12.6 Å². The lowest BCUT2D eigenvalue weighted by Crippen LogP contribution is -2.29. The standard InChI is InChI=1S/C18H18N2O2/c1-13-8-6-7-9-15(13)12-17(19-14(2)21)18(22)20-16-10-4-3-5-11-16/h3-12H,1-2H3,(H,19,21)(H,20,22)/b17-12+. The SMILES string of the molecule is CC(=O)N/C(=C/c1ccccc1C)C(=O)Nc1ccccc1. The molecule has 0 fully saturated rings. The maximum Gasteiger partial charge on any atom is 0.272 e. The van der Waals surface area contributed by atoms with Gasteiger partial charge in [-0.05, 0) is 36.3 Å². The Labute approximate surface area is 129 Å². The Morgan fingerprint density at radius 2 is 1.59 bits per heavy atom. The van der Waals surface area contributed by atoms with E-state index in [-0.39, 0.29) is 17.5 Å². The number of anilines is 1. The Morgan fingerprint density at radius 3 is 2.23 bits per heavy atom. The Morgan fingerprint density at radius 1 is 0.955 bits per heavy atom. The minimum absolute atomic E-state index is 0.214. The monoisotopic (exact) mass is 294 g/mol. The molecular formula is C18H18N2O2. The summed E-state index contributed by atoms with van der Waals surface area (Å²) in [7, 11) is 0. The lowest BCUT2D eigenvalue weighted by molar-refractivity contribution is -0.120. The van der Waals surface area contributed by atoms with Crippen LogP contribution in [0.2, 0.25) is 0 Å². The average molecular weight is 294 g/mol. The van der Waals surface area contributed by atoms with Crippen molar-refractivity contribution in [3.05, 3.63) is 71.4 Å². The first kappa shape index (κ1) is 15.5. The number of carbonyl (C=O) groups excluding carboxylic acids is 2. The van der Waals surface area contributed by atoms with Gasteiger partial charge in [0.2, 0.25) is 5.91 Å². The molecule has 2 aromatic rings. The molecule has 2 rings (SSSR count). The second-order valence-electron chi connectivity index (χ2n) is 4.92. The van der Waals surface area contributed by atoms with Crippen molar-refractivity contribution in [1.82, 2.24) is 5.32 Å². The van der Waals surface area contributed by atoms with Crippen molar-refractivity contribution in [3.63, 3.8) is 0 Å². The Kier molecular flexibility index (Phi) is 5.09. The first-order chi connectivity index (χ1) is 10.6. The highest BCUT2D eigenvalue weighted by Gasteiger charge is 2.12. The molecule has 112 valence electrons. The van der Waals surface area contributed by atoms with Crippen LogP contribution in [0.3, 0.4) is 0 Å². The molecule has 0 aliphatic heterocycles. The Bertz CT molecular complexity index is 706. The van der Waals surface area contributed by atoms with Crippen molar-refractivity contribution in [2.45, 2.75) is 13.8 Å².